The lowest BCUT2D eigenvalue weighted by Gasteiger charge is -2.08. The smallest absolute Gasteiger partial charge is 0.193 e. The van der Waals surface area contributed by atoms with Crippen molar-refractivity contribution in [2.45, 2.75) is 149 Å². The van der Waals surface area contributed by atoms with Gasteiger partial charge in [0.15, 0.2) is 5.78 Å². The van der Waals surface area contributed by atoms with Gasteiger partial charge in [0.25, 0.3) is 0 Å². The largest absolute Gasteiger partial charge is 0.494 e. The van der Waals surface area contributed by atoms with Crippen LogP contribution < -0.4 is 4.74 Å². The molecule has 0 atom stereocenters. The average Bonchev–Trinajstić information content (AvgIpc) is 3.07. The Morgan fingerprint density at radius 3 is 1.62 bits per heavy atom. The summed E-state index contributed by atoms with van der Waals surface area (Å²) in [6, 6.07) is 15.9. The first-order valence-electron chi connectivity index (χ1n) is 18.6. The van der Waals surface area contributed by atoms with Gasteiger partial charge in [-0.1, -0.05) is 158 Å². The van der Waals surface area contributed by atoms with Gasteiger partial charge >= 0.3 is 0 Å². The SMILES string of the molecule is CC/C=C\C/C=C\C/C=C\CCCCCCCCOc1ccc(C(=O)c2ccc(CCCCCCCCCCCC)cc2)cc1. The van der Waals surface area contributed by atoms with E-state index in [1.807, 2.05) is 36.4 Å². The van der Waals surface area contributed by atoms with E-state index >= 15 is 0 Å². The van der Waals surface area contributed by atoms with Crippen molar-refractivity contribution in [3.8, 4) is 5.75 Å². The molecule has 0 unspecified atom stereocenters. The van der Waals surface area contributed by atoms with Crippen molar-refractivity contribution in [3.05, 3.63) is 102 Å². The quantitative estimate of drug-likeness (QED) is 0.0543. The molecule has 0 saturated carbocycles. The highest BCUT2D eigenvalue weighted by atomic mass is 16.5. The van der Waals surface area contributed by atoms with Crippen molar-refractivity contribution in [2.24, 2.45) is 0 Å². The Hall–Kier alpha value is -2.87. The molecule has 2 aromatic rings. The number of unbranched alkanes of at least 4 members (excludes halogenated alkanes) is 15. The molecule has 0 fully saturated rings. The number of aryl methyl sites for hydroxylation is 1. The predicted octanol–water partition coefficient (Wildman–Crippen LogP) is 13.3. The van der Waals surface area contributed by atoms with E-state index in [2.05, 4.69) is 62.4 Å². The molecule has 0 bridgehead atoms. The van der Waals surface area contributed by atoms with Crippen LogP contribution in [0.25, 0.3) is 0 Å². The van der Waals surface area contributed by atoms with Crippen LogP contribution in [0.2, 0.25) is 0 Å². The number of allylic oxidation sites excluding steroid dienone is 6. The summed E-state index contributed by atoms with van der Waals surface area (Å²) in [7, 11) is 0. The first kappa shape index (κ1) is 38.3. The van der Waals surface area contributed by atoms with Crippen molar-refractivity contribution in [1.29, 1.82) is 0 Å². The fourth-order valence-electron chi connectivity index (χ4n) is 5.60. The Kier molecular flexibility index (Phi) is 23.4. The van der Waals surface area contributed by atoms with Crippen LogP contribution in [0.15, 0.2) is 85.0 Å². The van der Waals surface area contributed by atoms with E-state index in [-0.39, 0.29) is 5.78 Å². The van der Waals surface area contributed by atoms with E-state index in [1.165, 1.54) is 108 Å². The molecule has 0 aliphatic carbocycles. The molecule has 0 aromatic heterocycles. The van der Waals surface area contributed by atoms with Gasteiger partial charge in [0.05, 0.1) is 6.61 Å². The lowest BCUT2D eigenvalue weighted by atomic mass is 9.99. The van der Waals surface area contributed by atoms with E-state index in [0.29, 0.717) is 0 Å². The zero-order valence-electron chi connectivity index (χ0n) is 29.0. The third-order valence-electron chi connectivity index (χ3n) is 8.47. The number of ketones is 1. The maximum atomic E-state index is 13.0. The molecule has 45 heavy (non-hydrogen) atoms. The van der Waals surface area contributed by atoms with Crippen LogP contribution in [-0.2, 0) is 6.42 Å². The molecule has 2 heteroatoms. The molecule has 0 amide bonds. The van der Waals surface area contributed by atoms with E-state index in [4.69, 9.17) is 4.74 Å². The van der Waals surface area contributed by atoms with Crippen LogP contribution >= 0.6 is 0 Å². The summed E-state index contributed by atoms with van der Waals surface area (Å²) >= 11 is 0. The van der Waals surface area contributed by atoms with Crippen molar-refractivity contribution < 1.29 is 9.53 Å². The number of hydrogen-bond donors (Lipinski definition) is 0. The molecule has 0 heterocycles. The Morgan fingerprint density at radius 2 is 1.02 bits per heavy atom. The molecular weight excluding hydrogens is 548 g/mol. The van der Waals surface area contributed by atoms with Gasteiger partial charge in [-0.05, 0) is 81.2 Å². The first-order valence-corrected chi connectivity index (χ1v) is 18.6. The molecular formula is C43H64O2. The second kappa shape index (κ2) is 27.4. The summed E-state index contributed by atoms with van der Waals surface area (Å²) in [5.74, 6) is 0.923. The van der Waals surface area contributed by atoms with Crippen molar-refractivity contribution in [3.63, 3.8) is 0 Å². The maximum absolute atomic E-state index is 13.0. The Bertz CT molecular complexity index is 1060. The second-order valence-corrected chi connectivity index (χ2v) is 12.5. The summed E-state index contributed by atoms with van der Waals surface area (Å²) in [5, 5.41) is 0. The number of hydrogen-bond acceptors (Lipinski definition) is 2. The molecule has 0 N–H and O–H groups in total. The van der Waals surface area contributed by atoms with Gasteiger partial charge in [0.1, 0.15) is 5.75 Å². The molecule has 2 rings (SSSR count). The lowest BCUT2D eigenvalue weighted by molar-refractivity contribution is 0.103. The lowest BCUT2D eigenvalue weighted by Crippen LogP contribution is -2.02. The van der Waals surface area contributed by atoms with Crippen molar-refractivity contribution in [2.75, 3.05) is 6.61 Å². The summed E-state index contributed by atoms with van der Waals surface area (Å²) in [5.41, 5.74) is 2.81. The zero-order chi connectivity index (χ0) is 32.0. The zero-order valence-corrected chi connectivity index (χ0v) is 29.0. The Labute approximate surface area is 277 Å². The molecule has 0 saturated heterocycles. The van der Waals surface area contributed by atoms with Crippen molar-refractivity contribution >= 4 is 5.78 Å². The normalized spacial score (nSPS) is 11.8. The van der Waals surface area contributed by atoms with Crippen LogP contribution in [-0.4, -0.2) is 12.4 Å². The minimum absolute atomic E-state index is 0.0785. The van der Waals surface area contributed by atoms with E-state index in [1.54, 1.807) is 0 Å². The Morgan fingerprint density at radius 1 is 0.533 bits per heavy atom. The molecule has 0 radical (unpaired) electrons. The summed E-state index contributed by atoms with van der Waals surface area (Å²) < 4.78 is 5.94. The summed E-state index contributed by atoms with van der Waals surface area (Å²) in [6.07, 6.45) is 40.1. The van der Waals surface area contributed by atoms with Gasteiger partial charge in [-0.3, -0.25) is 4.79 Å². The fraction of sp³-hybridized carbons (Fsp3) is 0.558. The molecule has 0 aliphatic rings. The predicted molar refractivity (Wildman–Crippen MR) is 197 cm³/mol. The van der Waals surface area contributed by atoms with Gasteiger partial charge in [-0.15, -0.1) is 0 Å². The number of ether oxygens (including phenoxy) is 1. The van der Waals surface area contributed by atoms with Gasteiger partial charge in [0.2, 0.25) is 0 Å². The van der Waals surface area contributed by atoms with E-state index in [9.17, 15) is 4.79 Å². The van der Waals surface area contributed by atoms with Gasteiger partial charge in [-0.25, -0.2) is 0 Å². The number of carbonyl (C=O) groups excluding carboxylic acids is 1. The first-order chi connectivity index (χ1) is 22.2. The van der Waals surface area contributed by atoms with Gasteiger partial charge in [-0.2, -0.15) is 0 Å². The van der Waals surface area contributed by atoms with Crippen LogP contribution in [0.5, 0.6) is 5.75 Å². The molecule has 2 aromatic carbocycles. The average molecular weight is 613 g/mol. The molecule has 0 aliphatic heterocycles. The fourth-order valence-corrected chi connectivity index (χ4v) is 5.60. The monoisotopic (exact) mass is 612 g/mol. The number of benzene rings is 2. The molecule has 2 nitrogen and oxygen atoms in total. The number of rotatable bonds is 28. The van der Waals surface area contributed by atoms with Crippen LogP contribution in [0.1, 0.15) is 164 Å². The van der Waals surface area contributed by atoms with Crippen molar-refractivity contribution in [1.82, 2.24) is 0 Å². The highest BCUT2D eigenvalue weighted by Gasteiger charge is 2.09. The van der Waals surface area contributed by atoms with Crippen LogP contribution in [0, 0.1) is 0 Å². The van der Waals surface area contributed by atoms with Gasteiger partial charge < -0.3 is 4.74 Å². The van der Waals surface area contributed by atoms with E-state index in [0.717, 1.165) is 55.6 Å². The maximum Gasteiger partial charge on any atom is 0.193 e. The van der Waals surface area contributed by atoms with Crippen LogP contribution in [0.3, 0.4) is 0 Å². The Balaban J connectivity index is 1.49. The minimum Gasteiger partial charge on any atom is -0.494 e. The minimum atomic E-state index is 0.0785. The molecule has 0 spiro atoms. The molecule has 248 valence electrons. The van der Waals surface area contributed by atoms with Gasteiger partial charge in [0, 0.05) is 11.1 Å². The second-order valence-electron chi connectivity index (χ2n) is 12.5. The summed E-state index contributed by atoms with van der Waals surface area (Å²) in [4.78, 5) is 13.0. The summed E-state index contributed by atoms with van der Waals surface area (Å²) in [6.45, 7) is 5.18. The topological polar surface area (TPSA) is 26.3 Å². The third kappa shape index (κ3) is 20.0. The third-order valence-corrected chi connectivity index (χ3v) is 8.47. The highest BCUT2D eigenvalue weighted by Crippen LogP contribution is 2.18. The standard InChI is InChI=1S/C43H64O2/c1-3-5-7-9-11-13-15-16-17-18-19-20-22-24-26-28-38-45-42-36-34-41(35-37-42)43(44)40-32-30-39(31-33-40)29-27-25-23-21-14-12-10-8-6-4-2/h5,7,11,13,16-17,30-37H,3-4,6,8-10,12,14-15,18-29,38H2,1-2H3/b7-5-,13-11-,17-16-. The van der Waals surface area contributed by atoms with Crippen LogP contribution in [0.4, 0.5) is 0 Å². The number of carbonyl (C=O) groups is 1. The highest BCUT2D eigenvalue weighted by molar-refractivity contribution is 6.09. The van der Waals surface area contributed by atoms with E-state index < -0.39 is 0 Å².